The molecule has 1 rings (SSSR count). The zero-order valence-electron chi connectivity index (χ0n) is 10.2. The molecule has 0 aliphatic heterocycles. The molecule has 110 valence electrons. The van der Waals surface area contributed by atoms with Gasteiger partial charge >= 0.3 is 0 Å². The van der Waals surface area contributed by atoms with Gasteiger partial charge < -0.3 is 5.73 Å². The van der Waals surface area contributed by atoms with E-state index in [1.54, 1.807) is 0 Å². The first kappa shape index (κ1) is 18.2. The van der Waals surface area contributed by atoms with Crippen molar-refractivity contribution in [1.29, 1.82) is 0 Å². The van der Waals surface area contributed by atoms with E-state index < -0.39 is 38.4 Å². The van der Waals surface area contributed by atoms with Crippen LogP contribution in [0.3, 0.4) is 0 Å². The van der Waals surface area contributed by atoms with E-state index >= 15 is 0 Å². The largest absolute Gasteiger partial charge is 0.329 e. The van der Waals surface area contributed by atoms with Crippen molar-refractivity contribution in [2.24, 2.45) is 5.73 Å². The molecule has 1 atom stereocenters. The SMILES string of the molecule is CC(CN)N(C)S(=O)(=O)c1cc(F)c(F)cc1F.Cl. The average Bonchev–Trinajstić information content (AvgIpc) is 2.31. The molecular formula is C10H14ClF3N2O2S. The van der Waals surface area contributed by atoms with Crippen LogP contribution in [-0.2, 0) is 10.0 Å². The molecule has 0 aliphatic rings. The molecule has 4 nitrogen and oxygen atoms in total. The van der Waals surface area contributed by atoms with E-state index in [2.05, 4.69) is 0 Å². The van der Waals surface area contributed by atoms with Gasteiger partial charge in [-0.25, -0.2) is 21.6 Å². The number of nitrogens with two attached hydrogens (primary N) is 1. The van der Waals surface area contributed by atoms with E-state index in [-0.39, 0.29) is 25.0 Å². The number of rotatable bonds is 4. The van der Waals surface area contributed by atoms with Gasteiger partial charge in [0.25, 0.3) is 0 Å². The average molecular weight is 319 g/mol. The summed E-state index contributed by atoms with van der Waals surface area (Å²) in [7, 11) is -3.06. The van der Waals surface area contributed by atoms with E-state index in [1.165, 1.54) is 14.0 Å². The lowest BCUT2D eigenvalue weighted by Gasteiger charge is -2.23. The van der Waals surface area contributed by atoms with Gasteiger partial charge in [-0.15, -0.1) is 12.4 Å². The number of hydrogen-bond acceptors (Lipinski definition) is 3. The van der Waals surface area contributed by atoms with Crippen molar-refractivity contribution in [1.82, 2.24) is 4.31 Å². The van der Waals surface area contributed by atoms with E-state index in [1.807, 2.05) is 0 Å². The van der Waals surface area contributed by atoms with Crippen LogP contribution in [0.25, 0.3) is 0 Å². The summed E-state index contributed by atoms with van der Waals surface area (Å²) in [4.78, 5) is -0.913. The van der Waals surface area contributed by atoms with Crippen molar-refractivity contribution >= 4 is 22.4 Å². The van der Waals surface area contributed by atoms with Gasteiger partial charge in [-0.1, -0.05) is 0 Å². The van der Waals surface area contributed by atoms with Gasteiger partial charge in [-0.2, -0.15) is 4.31 Å². The second-order valence-corrected chi connectivity index (χ2v) is 5.77. The van der Waals surface area contributed by atoms with Gasteiger partial charge in [0.1, 0.15) is 10.7 Å². The van der Waals surface area contributed by atoms with Gasteiger partial charge in [0.15, 0.2) is 11.6 Å². The highest BCUT2D eigenvalue weighted by atomic mass is 35.5. The normalized spacial score (nSPS) is 13.2. The van der Waals surface area contributed by atoms with Crippen LogP contribution in [0.2, 0.25) is 0 Å². The summed E-state index contributed by atoms with van der Waals surface area (Å²) in [6.07, 6.45) is 0. The zero-order chi connectivity index (χ0) is 14.1. The third-order valence-electron chi connectivity index (χ3n) is 2.59. The lowest BCUT2D eigenvalue weighted by molar-refractivity contribution is 0.390. The Morgan fingerprint density at radius 2 is 1.68 bits per heavy atom. The van der Waals surface area contributed by atoms with E-state index in [0.717, 1.165) is 4.31 Å². The van der Waals surface area contributed by atoms with Crippen molar-refractivity contribution in [3.63, 3.8) is 0 Å². The Balaban J connectivity index is 0.00000324. The first-order valence-corrected chi connectivity index (χ1v) is 6.48. The van der Waals surface area contributed by atoms with Crippen LogP contribution in [0, 0.1) is 17.5 Å². The quantitative estimate of drug-likeness (QED) is 0.856. The molecule has 1 unspecified atom stereocenters. The Morgan fingerprint density at radius 1 is 1.21 bits per heavy atom. The minimum atomic E-state index is -4.25. The van der Waals surface area contributed by atoms with Crippen LogP contribution in [0.15, 0.2) is 17.0 Å². The number of nitrogens with zero attached hydrogens (tertiary/aromatic N) is 1. The maximum atomic E-state index is 13.4. The molecule has 1 aromatic rings. The van der Waals surface area contributed by atoms with E-state index in [9.17, 15) is 21.6 Å². The van der Waals surface area contributed by atoms with Crippen molar-refractivity contribution in [2.75, 3.05) is 13.6 Å². The Bertz CT molecular complexity index is 554. The predicted molar refractivity (Wildman–Crippen MR) is 67.0 cm³/mol. The maximum absolute atomic E-state index is 13.4. The zero-order valence-corrected chi connectivity index (χ0v) is 11.9. The summed E-state index contributed by atoms with van der Waals surface area (Å²) < 4.78 is 63.9. The second-order valence-electron chi connectivity index (χ2n) is 3.80. The number of hydrogen-bond donors (Lipinski definition) is 1. The minimum absolute atomic E-state index is 0. The number of halogens is 4. The molecule has 0 fully saturated rings. The molecule has 0 bridgehead atoms. The first-order chi connectivity index (χ1) is 8.21. The highest BCUT2D eigenvalue weighted by Gasteiger charge is 2.29. The third kappa shape index (κ3) is 3.59. The number of likely N-dealkylation sites (N-methyl/N-ethyl adjacent to an activating group) is 1. The summed E-state index contributed by atoms with van der Waals surface area (Å²) in [5, 5.41) is 0. The van der Waals surface area contributed by atoms with Crippen molar-refractivity contribution < 1.29 is 21.6 Å². The predicted octanol–water partition coefficient (Wildman–Crippen LogP) is 1.49. The fourth-order valence-corrected chi connectivity index (χ4v) is 2.67. The van der Waals surface area contributed by atoms with Crippen molar-refractivity contribution in [3.05, 3.63) is 29.6 Å². The Kier molecular flexibility index (Phi) is 6.27. The number of benzene rings is 1. The van der Waals surface area contributed by atoms with E-state index in [0.29, 0.717) is 6.07 Å². The topological polar surface area (TPSA) is 63.4 Å². The summed E-state index contributed by atoms with van der Waals surface area (Å²) in [5.41, 5.74) is 5.31. The van der Waals surface area contributed by atoms with Crippen molar-refractivity contribution in [2.45, 2.75) is 17.9 Å². The van der Waals surface area contributed by atoms with Crippen LogP contribution in [-0.4, -0.2) is 32.4 Å². The Hall–Kier alpha value is -0.830. The molecule has 0 saturated carbocycles. The smallest absolute Gasteiger partial charge is 0.246 e. The summed E-state index contributed by atoms with van der Waals surface area (Å²) in [5.74, 6) is -4.21. The molecule has 2 N–H and O–H groups in total. The molecule has 0 aromatic heterocycles. The molecule has 0 amide bonds. The highest BCUT2D eigenvalue weighted by molar-refractivity contribution is 7.89. The van der Waals surface area contributed by atoms with Gasteiger partial charge in [-0.3, -0.25) is 0 Å². The molecule has 0 radical (unpaired) electrons. The second kappa shape index (κ2) is 6.56. The van der Waals surface area contributed by atoms with Gasteiger partial charge in [0.2, 0.25) is 10.0 Å². The summed E-state index contributed by atoms with van der Waals surface area (Å²) in [6.45, 7) is 1.52. The Morgan fingerprint density at radius 3 is 2.16 bits per heavy atom. The molecule has 19 heavy (non-hydrogen) atoms. The molecule has 0 aliphatic carbocycles. The molecule has 0 spiro atoms. The van der Waals surface area contributed by atoms with Crippen LogP contribution < -0.4 is 5.73 Å². The van der Waals surface area contributed by atoms with Gasteiger partial charge in [0.05, 0.1) is 0 Å². The lowest BCUT2D eigenvalue weighted by atomic mass is 10.3. The molecular weight excluding hydrogens is 305 g/mol. The van der Waals surface area contributed by atoms with Gasteiger partial charge in [-0.05, 0) is 13.0 Å². The lowest BCUT2D eigenvalue weighted by Crippen LogP contribution is -2.40. The first-order valence-electron chi connectivity index (χ1n) is 5.04. The standard InChI is InChI=1S/C10H13F3N2O2S.ClH/c1-6(5-14)15(2)18(16,17)10-4-8(12)7(11)3-9(10)13;/h3-4,6H,5,14H2,1-2H3;1H. The highest BCUT2D eigenvalue weighted by Crippen LogP contribution is 2.22. The fraction of sp³-hybridized carbons (Fsp3) is 0.400. The third-order valence-corrected chi connectivity index (χ3v) is 4.58. The fourth-order valence-electron chi connectivity index (χ4n) is 1.24. The monoisotopic (exact) mass is 318 g/mol. The molecule has 9 heteroatoms. The van der Waals surface area contributed by atoms with Gasteiger partial charge in [0, 0.05) is 25.7 Å². The van der Waals surface area contributed by atoms with Crippen LogP contribution >= 0.6 is 12.4 Å². The minimum Gasteiger partial charge on any atom is -0.329 e. The maximum Gasteiger partial charge on any atom is 0.246 e. The molecule has 1 aromatic carbocycles. The van der Waals surface area contributed by atoms with Crippen LogP contribution in [0.1, 0.15) is 6.92 Å². The van der Waals surface area contributed by atoms with Crippen LogP contribution in [0.4, 0.5) is 13.2 Å². The Labute approximate surface area is 115 Å². The number of sulfonamides is 1. The summed E-state index contributed by atoms with van der Waals surface area (Å²) >= 11 is 0. The van der Waals surface area contributed by atoms with Crippen LogP contribution in [0.5, 0.6) is 0 Å². The van der Waals surface area contributed by atoms with E-state index in [4.69, 9.17) is 5.73 Å². The summed E-state index contributed by atoms with van der Waals surface area (Å²) in [6, 6.07) is -0.0781. The molecule has 0 saturated heterocycles. The molecule has 0 heterocycles. The van der Waals surface area contributed by atoms with Crippen molar-refractivity contribution in [3.8, 4) is 0 Å².